The van der Waals surface area contributed by atoms with Gasteiger partial charge in [-0.2, -0.15) is 0 Å². The van der Waals surface area contributed by atoms with Gasteiger partial charge in [0.1, 0.15) is 0 Å². The third kappa shape index (κ3) is 1.56. The molecule has 0 spiro atoms. The maximum atomic E-state index is 6.05. The van der Waals surface area contributed by atoms with E-state index in [1.807, 2.05) is 12.1 Å². The summed E-state index contributed by atoms with van der Waals surface area (Å²) >= 11 is 13.5. The van der Waals surface area contributed by atoms with Crippen LogP contribution in [-0.4, -0.2) is 0 Å². The van der Waals surface area contributed by atoms with E-state index >= 15 is 0 Å². The second-order valence-corrected chi connectivity index (χ2v) is 4.94. The topological polar surface area (TPSA) is 0 Å². The molecule has 68 valence electrons. The highest BCUT2D eigenvalue weighted by atomic mass is 35.5. The van der Waals surface area contributed by atoms with Crippen LogP contribution in [-0.2, 0) is 6.42 Å². The van der Waals surface area contributed by atoms with Crippen molar-refractivity contribution in [2.24, 2.45) is 0 Å². The summed E-state index contributed by atoms with van der Waals surface area (Å²) in [7, 11) is 0. The quantitative estimate of drug-likeness (QED) is 0.663. The Bertz CT molecular complexity index is 445. The molecular weight excluding hydrogens is 223 g/mol. The molecule has 2 rings (SSSR count). The molecule has 13 heavy (non-hydrogen) atoms. The monoisotopic (exact) mass is 230 g/mol. The van der Waals surface area contributed by atoms with Crippen LogP contribution >= 0.6 is 34.5 Å². The van der Waals surface area contributed by atoms with Crippen LogP contribution in [0.25, 0.3) is 10.1 Å². The van der Waals surface area contributed by atoms with Gasteiger partial charge in [-0.05, 0) is 29.5 Å². The van der Waals surface area contributed by atoms with Crippen molar-refractivity contribution in [2.45, 2.75) is 13.3 Å². The van der Waals surface area contributed by atoms with E-state index in [0.29, 0.717) is 0 Å². The van der Waals surface area contributed by atoms with Gasteiger partial charge in [0.2, 0.25) is 0 Å². The first kappa shape index (κ1) is 9.32. The van der Waals surface area contributed by atoms with E-state index in [4.69, 9.17) is 23.2 Å². The molecule has 0 radical (unpaired) electrons. The Labute approximate surface area is 91.1 Å². The van der Waals surface area contributed by atoms with Crippen LogP contribution in [0.2, 0.25) is 9.36 Å². The van der Waals surface area contributed by atoms with Crippen LogP contribution in [0.1, 0.15) is 12.5 Å². The van der Waals surface area contributed by atoms with Crippen molar-refractivity contribution in [3.8, 4) is 0 Å². The summed E-state index contributed by atoms with van der Waals surface area (Å²) in [6.45, 7) is 2.13. The third-order valence-corrected chi connectivity index (χ3v) is 3.80. The second-order valence-electron chi connectivity index (χ2n) is 2.85. The van der Waals surface area contributed by atoms with Gasteiger partial charge in [-0.25, -0.2) is 0 Å². The number of benzene rings is 1. The molecule has 0 N–H and O–H groups in total. The highest BCUT2D eigenvalue weighted by molar-refractivity contribution is 7.23. The van der Waals surface area contributed by atoms with Gasteiger partial charge in [0.15, 0.2) is 0 Å². The van der Waals surface area contributed by atoms with Gasteiger partial charge in [0, 0.05) is 0 Å². The molecule has 0 aliphatic heterocycles. The van der Waals surface area contributed by atoms with E-state index in [-0.39, 0.29) is 0 Å². The largest absolute Gasteiger partial charge is 0.122 e. The summed E-state index contributed by atoms with van der Waals surface area (Å²) in [6, 6.07) is 6.00. The highest BCUT2D eigenvalue weighted by Crippen LogP contribution is 2.36. The highest BCUT2D eigenvalue weighted by Gasteiger charge is 2.07. The summed E-state index contributed by atoms with van der Waals surface area (Å²) in [6.07, 6.45) is 1.01. The second kappa shape index (κ2) is 3.49. The number of thiophene rings is 1. The van der Waals surface area contributed by atoms with Crippen molar-refractivity contribution >= 4 is 44.6 Å². The molecule has 0 fully saturated rings. The van der Waals surface area contributed by atoms with E-state index in [1.165, 1.54) is 10.9 Å². The van der Waals surface area contributed by atoms with Gasteiger partial charge >= 0.3 is 0 Å². The summed E-state index contributed by atoms with van der Waals surface area (Å²) in [5.74, 6) is 0. The number of halogens is 2. The smallest absolute Gasteiger partial charge is 0.0941 e. The lowest BCUT2D eigenvalue weighted by Crippen LogP contribution is -1.79. The van der Waals surface area contributed by atoms with Gasteiger partial charge in [0.05, 0.1) is 14.1 Å². The molecule has 0 saturated carbocycles. The van der Waals surface area contributed by atoms with E-state index in [9.17, 15) is 0 Å². The Kier molecular flexibility index (Phi) is 2.50. The van der Waals surface area contributed by atoms with Gasteiger partial charge < -0.3 is 0 Å². The van der Waals surface area contributed by atoms with E-state index in [0.717, 1.165) is 20.5 Å². The molecule has 1 heterocycles. The molecule has 0 atom stereocenters. The molecule has 1 aromatic heterocycles. The maximum absolute atomic E-state index is 6.05. The Morgan fingerprint density at radius 3 is 2.77 bits per heavy atom. The Morgan fingerprint density at radius 2 is 2.08 bits per heavy atom. The molecule has 0 nitrogen and oxygen atoms in total. The molecule has 0 amide bonds. The number of aryl methyl sites for hydroxylation is 1. The number of hydrogen-bond donors (Lipinski definition) is 0. The molecule has 0 aliphatic rings. The van der Waals surface area contributed by atoms with Crippen molar-refractivity contribution in [3.05, 3.63) is 33.1 Å². The molecule has 1 aromatic carbocycles. The lowest BCUT2D eigenvalue weighted by molar-refractivity contribution is 1.16. The fraction of sp³-hybridized carbons (Fsp3) is 0.200. The van der Waals surface area contributed by atoms with E-state index in [1.54, 1.807) is 11.3 Å². The summed E-state index contributed by atoms with van der Waals surface area (Å²) in [5.41, 5.74) is 1.31. The Balaban J connectivity index is 2.83. The van der Waals surface area contributed by atoms with E-state index in [2.05, 4.69) is 13.0 Å². The van der Waals surface area contributed by atoms with E-state index < -0.39 is 0 Å². The molecule has 0 unspecified atom stereocenters. The Morgan fingerprint density at radius 1 is 1.31 bits per heavy atom. The predicted molar refractivity (Wildman–Crippen MR) is 61.2 cm³/mol. The number of fused-ring (bicyclic) bond motifs is 1. The van der Waals surface area contributed by atoms with Crippen LogP contribution in [0, 0.1) is 0 Å². The zero-order valence-corrected chi connectivity index (χ0v) is 9.43. The van der Waals surface area contributed by atoms with Crippen LogP contribution in [0.3, 0.4) is 0 Å². The van der Waals surface area contributed by atoms with Crippen molar-refractivity contribution in [3.63, 3.8) is 0 Å². The summed E-state index contributed by atoms with van der Waals surface area (Å²) < 4.78 is 1.91. The minimum absolute atomic E-state index is 0.795. The zero-order valence-electron chi connectivity index (χ0n) is 7.10. The fourth-order valence-corrected chi connectivity index (χ4v) is 2.88. The SMILES string of the molecule is CCc1ccc(Cl)c2sc(Cl)cc12. The van der Waals surface area contributed by atoms with Crippen molar-refractivity contribution in [2.75, 3.05) is 0 Å². The molecule has 0 aliphatic carbocycles. The van der Waals surface area contributed by atoms with Gasteiger partial charge in [0.25, 0.3) is 0 Å². The van der Waals surface area contributed by atoms with Gasteiger partial charge in [-0.1, -0.05) is 36.2 Å². The third-order valence-electron chi connectivity index (χ3n) is 2.08. The average molecular weight is 231 g/mol. The first-order valence-corrected chi connectivity index (χ1v) is 5.66. The molecule has 3 heteroatoms. The van der Waals surface area contributed by atoms with Crippen LogP contribution < -0.4 is 0 Å². The Hall–Kier alpha value is -0.240. The minimum Gasteiger partial charge on any atom is -0.122 e. The van der Waals surface area contributed by atoms with Gasteiger partial charge in [-0.15, -0.1) is 11.3 Å². The zero-order chi connectivity index (χ0) is 9.42. The lowest BCUT2D eigenvalue weighted by atomic mass is 10.1. The molecule has 0 bridgehead atoms. The van der Waals surface area contributed by atoms with Crippen molar-refractivity contribution < 1.29 is 0 Å². The van der Waals surface area contributed by atoms with Crippen molar-refractivity contribution in [1.82, 2.24) is 0 Å². The van der Waals surface area contributed by atoms with Crippen molar-refractivity contribution in [1.29, 1.82) is 0 Å². The minimum atomic E-state index is 0.795. The predicted octanol–water partition coefficient (Wildman–Crippen LogP) is 4.77. The van der Waals surface area contributed by atoms with Crippen LogP contribution in [0.15, 0.2) is 18.2 Å². The van der Waals surface area contributed by atoms with Crippen LogP contribution in [0.4, 0.5) is 0 Å². The molecule has 0 saturated heterocycles. The molecular formula is C10H8Cl2S. The average Bonchev–Trinajstić information content (AvgIpc) is 2.48. The fourth-order valence-electron chi connectivity index (χ4n) is 1.42. The maximum Gasteiger partial charge on any atom is 0.0941 e. The number of hydrogen-bond acceptors (Lipinski definition) is 1. The summed E-state index contributed by atoms with van der Waals surface area (Å²) in [4.78, 5) is 0. The first-order chi connectivity index (χ1) is 6.22. The summed E-state index contributed by atoms with van der Waals surface area (Å²) in [5, 5.41) is 1.99. The first-order valence-electron chi connectivity index (χ1n) is 4.08. The normalized spacial score (nSPS) is 11.0. The van der Waals surface area contributed by atoms with Crippen LogP contribution in [0.5, 0.6) is 0 Å². The standard InChI is InChI=1S/C10H8Cl2S/c1-2-6-3-4-8(11)10-7(6)5-9(12)13-10/h3-5H,2H2,1H3. The number of rotatable bonds is 1. The van der Waals surface area contributed by atoms with Gasteiger partial charge in [-0.3, -0.25) is 0 Å². The molecule has 2 aromatic rings. The lowest BCUT2D eigenvalue weighted by Gasteiger charge is -1.99.